The third kappa shape index (κ3) is 4.93. The van der Waals surface area contributed by atoms with Gasteiger partial charge in [0, 0.05) is 18.4 Å². The van der Waals surface area contributed by atoms with E-state index in [0.29, 0.717) is 36.0 Å². The second-order valence-corrected chi connectivity index (χ2v) is 9.47. The number of aromatic nitrogens is 2. The highest BCUT2D eigenvalue weighted by molar-refractivity contribution is 7.90. The molecule has 0 aliphatic carbocycles. The molecule has 1 unspecified atom stereocenters. The standard InChI is InChI=1S/C22H23N3O5S/c1-31(27,28)18-11-7-8-16(14-18)21-23-22(30-24-21)19-12-5-6-13-25(19)20(26)15-29-17-9-3-2-4-10-17/h2-4,7-11,14,19H,5-6,12-13,15H2,1H3. The van der Waals surface area contributed by atoms with Crippen molar-refractivity contribution in [3.05, 3.63) is 60.5 Å². The number of para-hydroxylation sites is 1. The summed E-state index contributed by atoms with van der Waals surface area (Å²) in [6.07, 6.45) is 3.69. The van der Waals surface area contributed by atoms with Crippen molar-refractivity contribution in [2.75, 3.05) is 19.4 Å². The molecule has 0 bridgehead atoms. The van der Waals surface area contributed by atoms with E-state index < -0.39 is 9.84 Å². The number of sulfone groups is 1. The maximum Gasteiger partial charge on any atom is 0.261 e. The summed E-state index contributed by atoms with van der Waals surface area (Å²) in [5, 5.41) is 4.02. The minimum absolute atomic E-state index is 0.0715. The first-order valence-corrected chi connectivity index (χ1v) is 11.9. The smallest absolute Gasteiger partial charge is 0.261 e. The van der Waals surface area contributed by atoms with Crippen LogP contribution in [0.2, 0.25) is 0 Å². The van der Waals surface area contributed by atoms with Crippen molar-refractivity contribution in [3.8, 4) is 17.1 Å². The van der Waals surface area contributed by atoms with Gasteiger partial charge in [-0.1, -0.05) is 35.5 Å². The van der Waals surface area contributed by atoms with Crippen LogP contribution in [-0.4, -0.2) is 48.8 Å². The fourth-order valence-electron chi connectivity index (χ4n) is 3.59. The third-order valence-electron chi connectivity index (χ3n) is 5.18. The van der Waals surface area contributed by atoms with Gasteiger partial charge in [-0.25, -0.2) is 8.42 Å². The minimum Gasteiger partial charge on any atom is -0.484 e. The lowest BCUT2D eigenvalue weighted by Crippen LogP contribution is -2.41. The van der Waals surface area contributed by atoms with Gasteiger partial charge in [-0.3, -0.25) is 4.79 Å². The number of hydrogen-bond acceptors (Lipinski definition) is 7. The second-order valence-electron chi connectivity index (χ2n) is 7.46. The predicted octanol–water partition coefficient (Wildman–Crippen LogP) is 3.27. The van der Waals surface area contributed by atoms with Crippen LogP contribution in [0.3, 0.4) is 0 Å². The molecule has 2 heterocycles. The Bertz CT molecular complexity index is 1160. The zero-order valence-corrected chi connectivity index (χ0v) is 17.9. The van der Waals surface area contributed by atoms with E-state index in [4.69, 9.17) is 9.26 Å². The second kappa shape index (κ2) is 8.89. The molecule has 1 aliphatic heterocycles. The third-order valence-corrected chi connectivity index (χ3v) is 6.29. The van der Waals surface area contributed by atoms with Crippen molar-refractivity contribution in [1.82, 2.24) is 15.0 Å². The highest BCUT2D eigenvalue weighted by atomic mass is 32.2. The molecule has 8 nitrogen and oxygen atoms in total. The fourth-order valence-corrected chi connectivity index (χ4v) is 4.25. The van der Waals surface area contributed by atoms with Crippen LogP contribution in [0.15, 0.2) is 64.0 Å². The van der Waals surface area contributed by atoms with Gasteiger partial charge < -0.3 is 14.2 Å². The zero-order chi connectivity index (χ0) is 21.8. The van der Waals surface area contributed by atoms with E-state index in [1.807, 2.05) is 18.2 Å². The molecule has 0 saturated carbocycles. The summed E-state index contributed by atoms with van der Waals surface area (Å²) in [6.45, 7) is 0.515. The number of ether oxygens (including phenoxy) is 1. The van der Waals surface area contributed by atoms with Gasteiger partial charge in [-0.15, -0.1) is 0 Å². The van der Waals surface area contributed by atoms with Gasteiger partial charge in [0.2, 0.25) is 11.7 Å². The van der Waals surface area contributed by atoms with Gasteiger partial charge in [0.25, 0.3) is 5.91 Å². The summed E-state index contributed by atoms with van der Waals surface area (Å²) in [5.74, 6) is 1.12. The summed E-state index contributed by atoms with van der Waals surface area (Å²) in [4.78, 5) is 19.2. The lowest BCUT2D eigenvalue weighted by Gasteiger charge is -2.33. The van der Waals surface area contributed by atoms with Gasteiger partial charge in [-0.05, 0) is 43.5 Å². The average Bonchev–Trinajstić information content (AvgIpc) is 3.28. The Morgan fingerprint density at radius 1 is 1.16 bits per heavy atom. The molecule has 31 heavy (non-hydrogen) atoms. The topological polar surface area (TPSA) is 103 Å². The molecule has 9 heteroatoms. The fraction of sp³-hybridized carbons (Fsp3) is 0.318. The number of nitrogens with zero attached hydrogens (tertiary/aromatic N) is 3. The number of benzene rings is 2. The Labute approximate surface area is 180 Å². The molecule has 1 aliphatic rings. The van der Waals surface area contributed by atoms with Gasteiger partial charge in [0.15, 0.2) is 16.4 Å². The summed E-state index contributed by atoms with van der Waals surface area (Å²) in [7, 11) is -3.35. The largest absolute Gasteiger partial charge is 0.484 e. The van der Waals surface area contributed by atoms with E-state index in [2.05, 4.69) is 10.1 Å². The maximum atomic E-state index is 12.8. The molecule has 2 aromatic carbocycles. The van der Waals surface area contributed by atoms with Gasteiger partial charge >= 0.3 is 0 Å². The molecule has 1 aromatic heterocycles. The highest BCUT2D eigenvalue weighted by Gasteiger charge is 2.32. The number of carbonyl (C=O) groups excluding carboxylic acids is 1. The molecular weight excluding hydrogens is 418 g/mol. The monoisotopic (exact) mass is 441 g/mol. The van der Waals surface area contributed by atoms with E-state index in [-0.39, 0.29) is 23.5 Å². The van der Waals surface area contributed by atoms with Gasteiger partial charge in [-0.2, -0.15) is 4.98 Å². The lowest BCUT2D eigenvalue weighted by atomic mass is 10.0. The van der Waals surface area contributed by atoms with Crippen LogP contribution in [0.5, 0.6) is 5.75 Å². The first-order chi connectivity index (χ1) is 14.9. The van der Waals surface area contributed by atoms with E-state index in [9.17, 15) is 13.2 Å². The van der Waals surface area contributed by atoms with Crippen molar-refractivity contribution in [3.63, 3.8) is 0 Å². The molecule has 1 atom stereocenters. The molecule has 0 N–H and O–H groups in total. The van der Waals surface area contributed by atoms with Crippen molar-refractivity contribution < 1.29 is 22.5 Å². The zero-order valence-electron chi connectivity index (χ0n) is 17.1. The van der Waals surface area contributed by atoms with Crippen molar-refractivity contribution in [2.45, 2.75) is 30.2 Å². The molecule has 4 rings (SSSR count). The minimum atomic E-state index is -3.35. The number of amides is 1. The average molecular weight is 442 g/mol. The maximum absolute atomic E-state index is 12.8. The van der Waals surface area contributed by atoms with E-state index in [0.717, 1.165) is 19.1 Å². The van der Waals surface area contributed by atoms with Crippen molar-refractivity contribution >= 4 is 15.7 Å². The summed E-state index contributed by atoms with van der Waals surface area (Å²) >= 11 is 0. The molecule has 1 saturated heterocycles. The molecule has 0 radical (unpaired) electrons. The highest BCUT2D eigenvalue weighted by Crippen LogP contribution is 2.31. The number of hydrogen-bond donors (Lipinski definition) is 0. The summed E-state index contributed by atoms with van der Waals surface area (Å²) in [6, 6.07) is 15.2. The Morgan fingerprint density at radius 2 is 1.97 bits per heavy atom. The van der Waals surface area contributed by atoms with Gasteiger partial charge in [0.1, 0.15) is 11.8 Å². The van der Waals surface area contributed by atoms with Crippen molar-refractivity contribution in [2.24, 2.45) is 0 Å². The van der Waals surface area contributed by atoms with Crippen LogP contribution < -0.4 is 4.74 Å². The number of carbonyl (C=O) groups is 1. The van der Waals surface area contributed by atoms with Crippen LogP contribution in [0.4, 0.5) is 0 Å². The number of likely N-dealkylation sites (tertiary alicyclic amines) is 1. The normalized spacial score (nSPS) is 16.8. The Balaban J connectivity index is 1.51. The van der Waals surface area contributed by atoms with Crippen LogP contribution in [0.1, 0.15) is 31.2 Å². The van der Waals surface area contributed by atoms with E-state index >= 15 is 0 Å². The predicted molar refractivity (Wildman–Crippen MR) is 113 cm³/mol. The van der Waals surface area contributed by atoms with Crippen molar-refractivity contribution in [1.29, 1.82) is 0 Å². The van der Waals surface area contributed by atoms with Gasteiger partial charge in [0.05, 0.1) is 4.90 Å². The number of piperidine rings is 1. The molecule has 162 valence electrons. The summed E-state index contributed by atoms with van der Waals surface area (Å²) in [5.41, 5.74) is 0.541. The van der Waals surface area contributed by atoms with Crippen LogP contribution in [-0.2, 0) is 14.6 Å². The molecule has 1 amide bonds. The van der Waals surface area contributed by atoms with Crippen LogP contribution in [0, 0.1) is 0 Å². The molecule has 0 spiro atoms. The molecule has 1 fully saturated rings. The first kappa shape index (κ1) is 21.0. The molecular formula is C22H23N3O5S. The quantitative estimate of drug-likeness (QED) is 0.578. The Kier molecular flexibility index (Phi) is 6.03. The van der Waals surface area contributed by atoms with E-state index in [1.54, 1.807) is 29.2 Å². The van der Waals surface area contributed by atoms with Crippen LogP contribution >= 0.6 is 0 Å². The number of rotatable bonds is 6. The lowest BCUT2D eigenvalue weighted by molar-refractivity contribution is -0.138. The van der Waals surface area contributed by atoms with E-state index in [1.165, 1.54) is 12.1 Å². The summed E-state index contributed by atoms with van der Waals surface area (Å²) < 4.78 is 34.8. The first-order valence-electron chi connectivity index (χ1n) is 10.0. The Hall–Kier alpha value is -3.20. The Morgan fingerprint density at radius 3 is 2.74 bits per heavy atom. The van der Waals surface area contributed by atoms with Crippen LogP contribution in [0.25, 0.3) is 11.4 Å². The molecule has 3 aromatic rings. The SMILES string of the molecule is CS(=O)(=O)c1cccc(-c2noc(C3CCCCN3C(=O)COc3ccccc3)n2)c1.